The zero-order valence-corrected chi connectivity index (χ0v) is 17.7. The van der Waals surface area contributed by atoms with Gasteiger partial charge in [-0.25, -0.2) is 0 Å². The Morgan fingerprint density at radius 2 is 1.25 bits per heavy atom. The molecule has 0 fully saturated rings. The molecule has 0 aliphatic rings. The van der Waals surface area contributed by atoms with Crippen molar-refractivity contribution in [3.05, 3.63) is 0 Å². The summed E-state index contributed by atoms with van der Waals surface area (Å²) in [5, 5.41) is 8.63. The smallest absolute Gasteiger partial charge is 0.326 e. The molecule has 0 atom stereocenters. The quantitative estimate of drug-likeness (QED) is 0.186. The first-order valence-corrected chi connectivity index (χ1v) is 10.3. The van der Waals surface area contributed by atoms with E-state index in [-0.39, 0.29) is 26.1 Å². The van der Waals surface area contributed by atoms with Gasteiger partial charge in [0.1, 0.15) is 0 Å². The van der Waals surface area contributed by atoms with Crippen LogP contribution in [0.5, 0.6) is 0 Å². The van der Waals surface area contributed by atoms with Gasteiger partial charge in [0.15, 0.2) is 0 Å². The Hall–Kier alpha value is -1.22. The number of unbranched alkanes of at least 4 members (excludes halogenated alkanes) is 3. The number of hydrogen-bond acceptors (Lipinski definition) is 7. The summed E-state index contributed by atoms with van der Waals surface area (Å²) in [6, 6.07) is 0. The summed E-state index contributed by atoms with van der Waals surface area (Å²) >= 11 is 0. The molecule has 0 aromatic heterocycles. The summed E-state index contributed by atoms with van der Waals surface area (Å²) in [7, 11) is 0. The molecule has 0 radical (unpaired) electrons. The lowest BCUT2D eigenvalue weighted by atomic mass is 10.2. The van der Waals surface area contributed by atoms with Crippen molar-refractivity contribution in [2.45, 2.75) is 78.1 Å². The van der Waals surface area contributed by atoms with Gasteiger partial charge >= 0.3 is 17.9 Å². The minimum absolute atomic E-state index is 0.0295. The number of carboxylic acid groups (broad SMARTS) is 1. The van der Waals surface area contributed by atoms with Gasteiger partial charge in [-0.2, -0.15) is 0 Å². The number of carboxylic acids is 1. The van der Waals surface area contributed by atoms with Crippen molar-refractivity contribution in [3.8, 4) is 0 Å². The van der Waals surface area contributed by atoms with E-state index in [0.717, 1.165) is 25.7 Å². The van der Waals surface area contributed by atoms with Crippen LogP contribution in [0.15, 0.2) is 0 Å². The molecule has 1 N–H and O–H groups in total. The van der Waals surface area contributed by atoms with Crippen LogP contribution in [0.3, 0.4) is 0 Å². The third-order valence-electron chi connectivity index (χ3n) is 3.79. The van der Waals surface area contributed by atoms with Crippen LogP contribution < -0.4 is 0 Å². The number of rotatable bonds is 20. The Labute approximate surface area is 168 Å². The molecule has 0 aromatic carbocycles. The van der Waals surface area contributed by atoms with Crippen LogP contribution in [0.4, 0.5) is 0 Å². The number of ether oxygens (including phenoxy) is 5. The zero-order chi connectivity index (χ0) is 21.1. The standard InChI is InChI=1S/C20H38O8/c1-4-6-12-24-14-16-26-20(3,27-17-15-25-13-7-5-2)28-19(23)11-9-8-10-18(21)22/h4-17H2,1-3H3,(H,21,22). The molecule has 0 spiro atoms. The average molecular weight is 407 g/mol. The van der Waals surface area contributed by atoms with Crippen molar-refractivity contribution in [1.29, 1.82) is 0 Å². The van der Waals surface area contributed by atoms with Crippen molar-refractivity contribution in [2.24, 2.45) is 0 Å². The molecule has 8 nitrogen and oxygen atoms in total. The summed E-state index contributed by atoms with van der Waals surface area (Å²) < 4.78 is 27.5. The van der Waals surface area contributed by atoms with Gasteiger partial charge in [0.05, 0.1) is 26.4 Å². The van der Waals surface area contributed by atoms with Gasteiger partial charge in [-0.1, -0.05) is 26.7 Å². The molecule has 0 heterocycles. The van der Waals surface area contributed by atoms with Gasteiger partial charge in [0, 0.05) is 33.0 Å². The monoisotopic (exact) mass is 406 g/mol. The van der Waals surface area contributed by atoms with Crippen molar-refractivity contribution in [1.82, 2.24) is 0 Å². The van der Waals surface area contributed by atoms with Gasteiger partial charge in [-0.3, -0.25) is 9.59 Å². The molecular weight excluding hydrogens is 368 g/mol. The third-order valence-corrected chi connectivity index (χ3v) is 3.79. The van der Waals surface area contributed by atoms with Gasteiger partial charge < -0.3 is 28.8 Å². The highest BCUT2D eigenvalue weighted by molar-refractivity contribution is 5.70. The van der Waals surface area contributed by atoms with Crippen LogP contribution in [-0.4, -0.2) is 62.7 Å². The normalized spacial score (nSPS) is 11.5. The van der Waals surface area contributed by atoms with Gasteiger partial charge in [0.2, 0.25) is 0 Å². The van der Waals surface area contributed by atoms with E-state index in [1.807, 2.05) is 0 Å². The lowest BCUT2D eigenvalue weighted by molar-refractivity contribution is -0.356. The summed E-state index contributed by atoms with van der Waals surface area (Å²) in [6.45, 7) is 8.24. The molecule has 0 bridgehead atoms. The van der Waals surface area contributed by atoms with Crippen LogP contribution >= 0.6 is 0 Å². The fourth-order valence-corrected chi connectivity index (χ4v) is 2.17. The highest BCUT2D eigenvalue weighted by Crippen LogP contribution is 2.17. The summed E-state index contributed by atoms with van der Waals surface area (Å²) in [6.07, 6.45) is 5.05. The largest absolute Gasteiger partial charge is 0.481 e. The van der Waals surface area contributed by atoms with Crippen molar-refractivity contribution < 1.29 is 38.4 Å². The summed E-state index contributed by atoms with van der Waals surface area (Å²) in [5.41, 5.74) is 0. The lowest BCUT2D eigenvalue weighted by Crippen LogP contribution is -2.40. The molecule has 0 saturated carbocycles. The van der Waals surface area contributed by atoms with Crippen molar-refractivity contribution >= 4 is 11.9 Å². The molecule has 0 aliphatic heterocycles. The number of carbonyl (C=O) groups is 2. The van der Waals surface area contributed by atoms with Gasteiger partial charge in [-0.05, 0) is 25.7 Å². The SMILES string of the molecule is CCCCOCCOC(C)(OCCOCCCC)OC(=O)CCCCC(=O)O. The molecule has 0 unspecified atom stereocenters. The molecule has 0 rings (SSSR count). The summed E-state index contributed by atoms with van der Waals surface area (Å²) in [5.74, 6) is -2.89. The fraction of sp³-hybridized carbons (Fsp3) is 0.900. The third kappa shape index (κ3) is 16.9. The van der Waals surface area contributed by atoms with Crippen molar-refractivity contribution in [2.75, 3.05) is 39.6 Å². The van der Waals surface area contributed by atoms with E-state index in [1.165, 1.54) is 0 Å². The second kappa shape index (κ2) is 17.8. The Morgan fingerprint density at radius 1 is 0.750 bits per heavy atom. The minimum Gasteiger partial charge on any atom is -0.481 e. The molecule has 8 heteroatoms. The minimum atomic E-state index is -1.52. The molecular formula is C20H38O8. The van der Waals surface area contributed by atoms with Crippen LogP contribution in [-0.2, 0) is 33.3 Å². The molecule has 28 heavy (non-hydrogen) atoms. The number of esters is 1. The van der Waals surface area contributed by atoms with Crippen LogP contribution in [0.1, 0.15) is 72.1 Å². The number of carbonyl (C=O) groups excluding carboxylic acids is 1. The Morgan fingerprint density at radius 3 is 1.71 bits per heavy atom. The first-order chi connectivity index (χ1) is 13.4. The number of hydrogen-bond donors (Lipinski definition) is 1. The highest BCUT2D eigenvalue weighted by atomic mass is 16.9. The van der Waals surface area contributed by atoms with Gasteiger partial charge in [0.25, 0.3) is 0 Å². The van der Waals surface area contributed by atoms with E-state index < -0.39 is 17.9 Å². The highest BCUT2D eigenvalue weighted by Gasteiger charge is 2.31. The Bertz CT molecular complexity index is 384. The van der Waals surface area contributed by atoms with Crippen LogP contribution in [0.2, 0.25) is 0 Å². The van der Waals surface area contributed by atoms with E-state index in [0.29, 0.717) is 39.3 Å². The molecule has 0 saturated heterocycles. The van der Waals surface area contributed by atoms with E-state index in [9.17, 15) is 9.59 Å². The maximum Gasteiger partial charge on any atom is 0.326 e. The number of aliphatic carboxylic acids is 1. The lowest BCUT2D eigenvalue weighted by Gasteiger charge is -2.29. The van der Waals surface area contributed by atoms with Crippen LogP contribution in [0, 0.1) is 0 Å². The predicted octanol–water partition coefficient (Wildman–Crippen LogP) is 3.51. The summed E-state index contributed by atoms with van der Waals surface area (Å²) in [4.78, 5) is 22.6. The molecule has 166 valence electrons. The second-order valence-electron chi connectivity index (χ2n) is 6.57. The van der Waals surface area contributed by atoms with Crippen molar-refractivity contribution in [3.63, 3.8) is 0 Å². The molecule has 0 aliphatic carbocycles. The van der Waals surface area contributed by atoms with E-state index >= 15 is 0 Å². The van der Waals surface area contributed by atoms with E-state index in [4.69, 9.17) is 28.8 Å². The maximum absolute atomic E-state index is 12.1. The predicted molar refractivity (Wildman–Crippen MR) is 104 cm³/mol. The van der Waals surface area contributed by atoms with E-state index in [1.54, 1.807) is 6.92 Å². The topological polar surface area (TPSA) is 101 Å². The molecule has 0 amide bonds. The van der Waals surface area contributed by atoms with E-state index in [2.05, 4.69) is 13.8 Å². The Kier molecular flexibility index (Phi) is 17.1. The average Bonchev–Trinajstić information content (AvgIpc) is 2.64. The van der Waals surface area contributed by atoms with Crippen LogP contribution in [0.25, 0.3) is 0 Å². The zero-order valence-electron chi connectivity index (χ0n) is 17.7. The Balaban J connectivity index is 4.30. The second-order valence-corrected chi connectivity index (χ2v) is 6.57. The first kappa shape index (κ1) is 26.8. The maximum atomic E-state index is 12.1. The first-order valence-electron chi connectivity index (χ1n) is 10.3. The van der Waals surface area contributed by atoms with Gasteiger partial charge in [-0.15, -0.1) is 0 Å². The fourth-order valence-electron chi connectivity index (χ4n) is 2.17. The molecule has 0 aromatic rings.